The van der Waals surface area contributed by atoms with E-state index in [1.165, 1.54) is 7.11 Å². The Kier molecular flexibility index (Phi) is 5.29. The molecule has 1 aliphatic rings. The molecule has 2 unspecified atom stereocenters. The molecule has 2 aromatic heterocycles. The molecule has 0 aliphatic carbocycles. The van der Waals surface area contributed by atoms with Crippen molar-refractivity contribution in [1.29, 1.82) is 0 Å². The van der Waals surface area contributed by atoms with Crippen molar-refractivity contribution in [3.05, 3.63) is 11.6 Å². The van der Waals surface area contributed by atoms with Gasteiger partial charge in [0.25, 0.3) is 0 Å². The van der Waals surface area contributed by atoms with Gasteiger partial charge in [-0.05, 0) is 11.6 Å². The Morgan fingerprint density at radius 2 is 2.24 bits per heavy atom. The number of halogens is 1. The van der Waals surface area contributed by atoms with Crippen molar-refractivity contribution in [1.82, 2.24) is 19.5 Å². The van der Waals surface area contributed by atoms with Crippen molar-refractivity contribution >= 4 is 22.8 Å². The summed E-state index contributed by atoms with van der Waals surface area (Å²) in [7, 11) is 1.48. The maximum Gasteiger partial charge on any atom is 0.246 e. The van der Waals surface area contributed by atoms with E-state index in [2.05, 4.69) is 15.0 Å². The number of methoxy groups -OCH3 is 1. The topological polar surface area (TPSA) is 91.5 Å². The average Bonchev–Trinajstić information content (AvgIpc) is 3.14. The number of rotatable bonds is 3. The number of nitrogens with zero attached hydrogens (tertiary/aromatic N) is 4. The Balaban J connectivity index is 0.000000774. The van der Waals surface area contributed by atoms with Crippen molar-refractivity contribution in [2.75, 3.05) is 20.3 Å². The molecule has 3 rings (SSSR count). The van der Waals surface area contributed by atoms with Gasteiger partial charge in [-0.25, -0.2) is 4.98 Å². The fourth-order valence-corrected chi connectivity index (χ4v) is 2.06. The summed E-state index contributed by atoms with van der Waals surface area (Å²) in [4.78, 5) is 12.2. The number of aromatic nitrogens is 4. The van der Waals surface area contributed by atoms with Crippen LogP contribution in [0.5, 0.6) is 5.88 Å². The SMILES string of the molecule is CC.COc1nc(Cl)nc2c1ncn2C1COC(CO)O1. The number of hydrogen-bond acceptors (Lipinski definition) is 7. The van der Waals surface area contributed by atoms with Crippen LogP contribution in [0.25, 0.3) is 11.2 Å². The predicted molar refractivity (Wildman–Crippen MR) is 75.2 cm³/mol. The first kappa shape index (κ1) is 15.9. The third-order valence-electron chi connectivity index (χ3n) is 2.75. The fraction of sp³-hybridized carbons (Fsp3) is 0.583. The molecule has 9 heteroatoms. The second kappa shape index (κ2) is 6.99. The van der Waals surface area contributed by atoms with Crippen molar-refractivity contribution < 1.29 is 19.3 Å². The maximum absolute atomic E-state index is 8.98. The number of ether oxygens (including phenoxy) is 3. The molecule has 1 fully saturated rings. The Morgan fingerprint density at radius 3 is 2.86 bits per heavy atom. The summed E-state index contributed by atoms with van der Waals surface area (Å²) in [5.41, 5.74) is 0.979. The van der Waals surface area contributed by atoms with E-state index in [1.54, 1.807) is 10.9 Å². The van der Waals surface area contributed by atoms with Gasteiger partial charge in [0, 0.05) is 0 Å². The van der Waals surface area contributed by atoms with Crippen LogP contribution < -0.4 is 4.74 Å². The third-order valence-corrected chi connectivity index (χ3v) is 2.92. The fourth-order valence-electron chi connectivity index (χ4n) is 1.90. The smallest absolute Gasteiger partial charge is 0.246 e. The van der Waals surface area contributed by atoms with Gasteiger partial charge < -0.3 is 19.3 Å². The highest BCUT2D eigenvalue weighted by molar-refractivity contribution is 6.28. The predicted octanol–water partition coefficient (Wildman–Crippen LogP) is 1.38. The minimum absolute atomic E-state index is 0.0590. The summed E-state index contributed by atoms with van der Waals surface area (Å²) in [5, 5.41) is 9.04. The second-order valence-corrected chi connectivity index (χ2v) is 4.20. The summed E-state index contributed by atoms with van der Waals surface area (Å²) in [6, 6.07) is 0. The lowest BCUT2D eigenvalue weighted by atomic mass is 10.5. The molecule has 1 saturated heterocycles. The average molecular weight is 317 g/mol. The highest BCUT2D eigenvalue weighted by Gasteiger charge is 2.29. The van der Waals surface area contributed by atoms with E-state index in [0.717, 1.165) is 0 Å². The summed E-state index contributed by atoms with van der Waals surface area (Å²) in [6.07, 6.45) is 0.492. The van der Waals surface area contributed by atoms with Crippen LogP contribution in [0.4, 0.5) is 0 Å². The summed E-state index contributed by atoms with van der Waals surface area (Å²) >= 11 is 5.84. The molecule has 0 bridgehead atoms. The van der Waals surface area contributed by atoms with E-state index in [4.69, 9.17) is 30.9 Å². The molecular formula is C12H17ClN4O4. The van der Waals surface area contributed by atoms with Crippen LogP contribution in [-0.4, -0.2) is 51.2 Å². The van der Waals surface area contributed by atoms with E-state index in [1.807, 2.05) is 13.8 Å². The molecular weight excluding hydrogens is 300 g/mol. The van der Waals surface area contributed by atoms with E-state index in [9.17, 15) is 0 Å². The number of imidazole rings is 1. The van der Waals surface area contributed by atoms with E-state index in [0.29, 0.717) is 23.7 Å². The lowest BCUT2D eigenvalue weighted by Gasteiger charge is -2.11. The van der Waals surface area contributed by atoms with Gasteiger partial charge in [-0.2, -0.15) is 9.97 Å². The normalized spacial score (nSPS) is 21.2. The van der Waals surface area contributed by atoms with Crippen molar-refractivity contribution in [3.8, 4) is 5.88 Å². The van der Waals surface area contributed by atoms with Gasteiger partial charge in [0.05, 0.1) is 26.7 Å². The Hall–Kier alpha value is -1.48. The first-order valence-corrected chi connectivity index (χ1v) is 6.92. The van der Waals surface area contributed by atoms with Crippen LogP contribution in [0.2, 0.25) is 5.28 Å². The monoisotopic (exact) mass is 316 g/mol. The van der Waals surface area contributed by atoms with E-state index < -0.39 is 12.5 Å². The molecule has 1 N–H and O–H groups in total. The number of hydrogen-bond donors (Lipinski definition) is 1. The van der Waals surface area contributed by atoms with Crippen molar-refractivity contribution in [2.24, 2.45) is 0 Å². The maximum atomic E-state index is 8.98. The van der Waals surface area contributed by atoms with Crippen LogP contribution in [0.15, 0.2) is 6.33 Å². The second-order valence-electron chi connectivity index (χ2n) is 3.86. The van der Waals surface area contributed by atoms with Gasteiger partial charge in [0.2, 0.25) is 11.2 Å². The lowest BCUT2D eigenvalue weighted by Crippen LogP contribution is -2.15. The number of aliphatic hydroxyl groups excluding tert-OH is 1. The zero-order valence-electron chi connectivity index (χ0n) is 12.0. The van der Waals surface area contributed by atoms with Gasteiger partial charge >= 0.3 is 0 Å². The first-order valence-electron chi connectivity index (χ1n) is 6.55. The van der Waals surface area contributed by atoms with Gasteiger partial charge in [-0.3, -0.25) is 4.57 Å². The van der Waals surface area contributed by atoms with E-state index in [-0.39, 0.29) is 11.9 Å². The lowest BCUT2D eigenvalue weighted by molar-refractivity contribution is -0.0980. The number of aliphatic hydroxyl groups is 1. The molecule has 2 aromatic rings. The molecule has 0 spiro atoms. The molecule has 0 radical (unpaired) electrons. The summed E-state index contributed by atoms with van der Waals surface area (Å²) in [5.74, 6) is 0.298. The summed E-state index contributed by atoms with van der Waals surface area (Å²) in [6.45, 7) is 4.09. The van der Waals surface area contributed by atoms with Crippen molar-refractivity contribution in [3.63, 3.8) is 0 Å². The minimum Gasteiger partial charge on any atom is -0.479 e. The molecule has 1 aliphatic heterocycles. The van der Waals surface area contributed by atoms with Crippen LogP contribution in [0.1, 0.15) is 20.1 Å². The quantitative estimate of drug-likeness (QED) is 0.855. The van der Waals surface area contributed by atoms with Crippen LogP contribution >= 0.6 is 11.6 Å². The molecule has 8 nitrogen and oxygen atoms in total. The molecule has 0 saturated carbocycles. The van der Waals surface area contributed by atoms with Crippen LogP contribution in [0.3, 0.4) is 0 Å². The molecule has 0 amide bonds. The standard InChI is InChI=1S/C10H11ClN4O4.C2H6/c1-17-9-7-8(13-10(11)14-9)15(4-12-7)5-3-18-6(2-16)19-5;1-2/h4-6,16H,2-3H2,1H3;1-2H3. The van der Waals surface area contributed by atoms with E-state index >= 15 is 0 Å². The molecule has 2 atom stereocenters. The highest BCUT2D eigenvalue weighted by atomic mass is 35.5. The molecule has 21 heavy (non-hydrogen) atoms. The van der Waals surface area contributed by atoms with Gasteiger partial charge in [-0.1, -0.05) is 13.8 Å². The zero-order valence-corrected chi connectivity index (χ0v) is 12.7. The molecule has 116 valence electrons. The third kappa shape index (κ3) is 3.08. The Morgan fingerprint density at radius 1 is 1.48 bits per heavy atom. The minimum atomic E-state index is -0.637. The Bertz CT molecular complexity index is 606. The van der Waals surface area contributed by atoms with Gasteiger partial charge in [0.1, 0.15) is 0 Å². The summed E-state index contributed by atoms with van der Waals surface area (Å²) < 4.78 is 17.5. The molecule has 0 aromatic carbocycles. The van der Waals surface area contributed by atoms with Crippen LogP contribution in [0, 0.1) is 0 Å². The van der Waals surface area contributed by atoms with Crippen LogP contribution in [-0.2, 0) is 9.47 Å². The number of fused-ring (bicyclic) bond motifs is 1. The zero-order chi connectivity index (χ0) is 15.4. The highest BCUT2D eigenvalue weighted by Crippen LogP contribution is 2.28. The van der Waals surface area contributed by atoms with Gasteiger partial charge in [-0.15, -0.1) is 0 Å². The Labute approximate surface area is 126 Å². The molecule has 3 heterocycles. The first-order chi connectivity index (χ1) is 10.2. The largest absolute Gasteiger partial charge is 0.479 e. The van der Waals surface area contributed by atoms with Crippen molar-refractivity contribution in [2.45, 2.75) is 26.4 Å². The van der Waals surface area contributed by atoms with Gasteiger partial charge in [0.15, 0.2) is 23.7 Å².